The smallest absolute Gasteiger partial charge is 0.191 e. The van der Waals surface area contributed by atoms with Crippen molar-refractivity contribution in [3.05, 3.63) is 0 Å². The van der Waals surface area contributed by atoms with Gasteiger partial charge < -0.3 is 15.4 Å². The molecule has 0 saturated heterocycles. The van der Waals surface area contributed by atoms with Crippen molar-refractivity contribution >= 4 is 41.7 Å². The van der Waals surface area contributed by atoms with Crippen LogP contribution in [-0.4, -0.2) is 49.8 Å². The fourth-order valence-electron chi connectivity index (χ4n) is 2.48. The fraction of sp³-hybridized carbons (Fsp3) is 0.938. The van der Waals surface area contributed by atoms with Crippen LogP contribution in [0.3, 0.4) is 0 Å². The fourth-order valence-corrected chi connectivity index (χ4v) is 3.27. The minimum atomic E-state index is 0. The van der Waals surface area contributed by atoms with Gasteiger partial charge in [-0.1, -0.05) is 13.8 Å². The molecule has 0 radical (unpaired) electrons. The van der Waals surface area contributed by atoms with Gasteiger partial charge in [-0.05, 0) is 44.8 Å². The van der Waals surface area contributed by atoms with Crippen LogP contribution in [0.15, 0.2) is 4.99 Å². The molecule has 2 N–H and O–H groups in total. The Morgan fingerprint density at radius 1 is 1.36 bits per heavy atom. The SMILES string of the molecule is CCNC(=NCCCOCC(C)C)NC1CCC(SC)C1.I. The van der Waals surface area contributed by atoms with E-state index in [0.29, 0.717) is 12.0 Å². The molecule has 1 aliphatic rings. The average molecular weight is 443 g/mol. The normalized spacial score (nSPS) is 21.8. The Balaban J connectivity index is 0.00000441. The summed E-state index contributed by atoms with van der Waals surface area (Å²) in [6.07, 6.45) is 7.03. The first kappa shape index (κ1) is 22.3. The van der Waals surface area contributed by atoms with Crippen LogP contribution in [0.2, 0.25) is 0 Å². The van der Waals surface area contributed by atoms with Gasteiger partial charge in [0.25, 0.3) is 0 Å². The van der Waals surface area contributed by atoms with Gasteiger partial charge in [-0.15, -0.1) is 24.0 Å². The zero-order valence-corrected chi connectivity index (χ0v) is 17.7. The highest BCUT2D eigenvalue weighted by Crippen LogP contribution is 2.27. The van der Waals surface area contributed by atoms with E-state index in [1.165, 1.54) is 19.3 Å². The van der Waals surface area contributed by atoms with Crippen LogP contribution in [0.5, 0.6) is 0 Å². The van der Waals surface area contributed by atoms with Gasteiger partial charge in [0.1, 0.15) is 0 Å². The van der Waals surface area contributed by atoms with Crippen LogP contribution in [0.4, 0.5) is 0 Å². The van der Waals surface area contributed by atoms with Crippen LogP contribution in [-0.2, 0) is 4.74 Å². The molecule has 1 fully saturated rings. The third-order valence-electron chi connectivity index (χ3n) is 3.57. The summed E-state index contributed by atoms with van der Waals surface area (Å²) in [5.41, 5.74) is 0. The van der Waals surface area contributed by atoms with Crippen molar-refractivity contribution < 1.29 is 4.74 Å². The zero-order valence-electron chi connectivity index (χ0n) is 14.6. The van der Waals surface area contributed by atoms with Gasteiger partial charge in [-0.2, -0.15) is 11.8 Å². The largest absolute Gasteiger partial charge is 0.381 e. The third kappa shape index (κ3) is 10.2. The van der Waals surface area contributed by atoms with Crippen molar-refractivity contribution in [1.29, 1.82) is 0 Å². The molecular formula is C16H34IN3OS. The lowest BCUT2D eigenvalue weighted by molar-refractivity contribution is 0.109. The number of halogens is 1. The zero-order chi connectivity index (χ0) is 15.5. The van der Waals surface area contributed by atoms with Gasteiger partial charge in [0, 0.05) is 37.6 Å². The van der Waals surface area contributed by atoms with Crippen LogP contribution in [0, 0.1) is 5.92 Å². The molecule has 0 aromatic heterocycles. The van der Waals surface area contributed by atoms with E-state index in [2.05, 4.69) is 42.7 Å². The first-order valence-electron chi connectivity index (χ1n) is 8.31. The molecule has 1 rings (SSSR count). The number of guanidine groups is 1. The average Bonchev–Trinajstić information content (AvgIpc) is 2.90. The maximum absolute atomic E-state index is 5.59. The molecule has 0 spiro atoms. The monoisotopic (exact) mass is 443 g/mol. The second-order valence-corrected chi connectivity index (χ2v) is 7.23. The van der Waals surface area contributed by atoms with Crippen molar-refractivity contribution in [3.8, 4) is 0 Å². The molecule has 6 heteroatoms. The molecule has 0 amide bonds. The molecule has 132 valence electrons. The molecule has 4 nitrogen and oxygen atoms in total. The van der Waals surface area contributed by atoms with E-state index in [0.717, 1.165) is 43.9 Å². The summed E-state index contributed by atoms with van der Waals surface area (Å²) in [4.78, 5) is 4.65. The minimum absolute atomic E-state index is 0. The van der Waals surface area contributed by atoms with Gasteiger partial charge in [0.05, 0.1) is 0 Å². The van der Waals surface area contributed by atoms with Crippen LogP contribution >= 0.6 is 35.7 Å². The first-order chi connectivity index (χ1) is 10.2. The highest BCUT2D eigenvalue weighted by molar-refractivity contribution is 14.0. The highest BCUT2D eigenvalue weighted by atomic mass is 127. The molecule has 2 atom stereocenters. The predicted molar refractivity (Wildman–Crippen MR) is 110 cm³/mol. The van der Waals surface area contributed by atoms with Crippen molar-refractivity contribution in [2.75, 3.05) is 32.6 Å². The summed E-state index contributed by atoms with van der Waals surface area (Å²) in [5, 5.41) is 7.73. The topological polar surface area (TPSA) is 45.7 Å². The Labute approximate surface area is 158 Å². The number of hydrogen-bond acceptors (Lipinski definition) is 3. The maximum Gasteiger partial charge on any atom is 0.191 e. The van der Waals surface area contributed by atoms with E-state index < -0.39 is 0 Å². The number of ether oxygens (including phenoxy) is 1. The summed E-state index contributed by atoms with van der Waals surface area (Å²) in [5.74, 6) is 1.58. The van der Waals surface area contributed by atoms with Crippen molar-refractivity contribution in [3.63, 3.8) is 0 Å². The Morgan fingerprint density at radius 2 is 2.14 bits per heavy atom. The van der Waals surface area contributed by atoms with Gasteiger partial charge in [0.2, 0.25) is 0 Å². The van der Waals surface area contributed by atoms with Crippen molar-refractivity contribution in [1.82, 2.24) is 10.6 Å². The summed E-state index contributed by atoms with van der Waals surface area (Å²) in [6, 6.07) is 0.581. The van der Waals surface area contributed by atoms with Crippen molar-refractivity contribution in [2.45, 2.75) is 57.7 Å². The summed E-state index contributed by atoms with van der Waals surface area (Å²) < 4.78 is 5.59. The Hall–Kier alpha value is 0.310. The summed E-state index contributed by atoms with van der Waals surface area (Å²) >= 11 is 1.99. The quantitative estimate of drug-likeness (QED) is 0.248. The summed E-state index contributed by atoms with van der Waals surface area (Å²) in [6.45, 7) is 9.85. The van der Waals surface area contributed by atoms with E-state index in [-0.39, 0.29) is 24.0 Å². The number of thioether (sulfide) groups is 1. The molecule has 22 heavy (non-hydrogen) atoms. The molecular weight excluding hydrogens is 409 g/mol. The lowest BCUT2D eigenvalue weighted by atomic mass is 10.2. The van der Waals surface area contributed by atoms with E-state index in [1.807, 2.05) is 11.8 Å². The predicted octanol–water partition coefficient (Wildman–Crippen LogP) is 3.51. The number of nitrogens with one attached hydrogen (secondary N) is 2. The molecule has 1 aliphatic carbocycles. The van der Waals surface area contributed by atoms with Crippen molar-refractivity contribution in [2.24, 2.45) is 10.9 Å². The second kappa shape index (κ2) is 13.7. The number of nitrogens with zero attached hydrogens (tertiary/aromatic N) is 1. The standard InChI is InChI=1S/C16H33N3OS.HI/c1-5-17-16(18-9-6-10-20-12-13(2)3)19-14-7-8-15(11-14)21-4;/h13-15H,5-12H2,1-4H3,(H2,17,18,19);1H. The van der Waals surface area contributed by atoms with E-state index in [1.54, 1.807) is 0 Å². The molecule has 0 bridgehead atoms. The van der Waals surface area contributed by atoms with Crippen LogP contribution < -0.4 is 10.6 Å². The lowest BCUT2D eigenvalue weighted by Gasteiger charge is -2.17. The van der Waals surface area contributed by atoms with E-state index >= 15 is 0 Å². The Bertz CT molecular complexity index is 303. The van der Waals surface area contributed by atoms with Gasteiger partial charge >= 0.3 is 0 Å². The molecule has 0 heterocycles. The summed E-state index contributed by atoms with van der Waals surface area (Å²) in [7, 11) is 0. The van der Waals surface area contributed by atoms with E-state index in [9.17, 15) is 0 Å². The van der Waals surface area contributed by atoms with E-state index in [4.69, 9.17) is 4.74 Å². The number of rotatable bonds is 9. The third-order valence-corrected chi connectivity index (χ3v) is 4.67. The molecule has 1 saturated carbocycles. The van der Waals surface area contributed by atoms with Gasteiger partial charge in [-0.25, -0.2) is 0 Å². The minimum Gasteiger partial charge on any atom is -0.381 e. The Morgan fingerprint density at radius 3 is 2.73 bits per heavy atom. The second-order valence-electron chi connectivity index (χ2n) is 6.09. The molecule has 0 aliphatic heterocycles. The highest BCUT2D eigenvalue weighted by Gasteiger charge is 2.24. The number of hydrogen-bond donors (Lipinski definition) is 2. The molecule has 2 unspecified atom stereocenters. The van der Waals surface area contributed by atoms with Gasteiger partial charge in [0.15, 0.2) is 5.96 Å². The molecule has 0 aromatic carbocycles. The first-order valence-corrected chi connectivity index (χ1v) is 9.59. The molecule has 0 aromatic rings. The van der Waals surface area contributed by atoms with Crippen LogP contribution in [0.25, 0.3) is 0 Å². The lowest BCUT2D eigenvalue weighted by Crippen LogP contribution is -2.42. The Kier molecular flexibility index (Phi) is 13.9. The number of aliphatic imine (C=N–C) groups is 1. The maximum atomic E-state index is 5.59. The van der Waals surface area contributed by atoms with Crippen LogP contribution in [0.1, 0.15) is 46.5 Å². The van der Waals surface area contributed by atoms with Gasteiger partial charge in [-0.3, -0.25) is 4.99 Å².